The Morgan fingerprint density at radius 1 is 1.39 bits per heavy atom. The average molecular weight is 463 g/mol. The number of fused-ring (bicyclic) bond motifs is 3. The van der Waals surface area contributed by atoms with Crippen LogP contribution < -0.4 is 20.1 Å². The van der Waals surface area contributed by atoms with Crippen molar-refractivity contribution in [2.75, 3.05) is 11.5 Å². The summed E-state index contributed by atoms with van der Waals surface area (Å²) < 4.78 is 55.0. The quantitative estimate of drug-likeness (QED) is 0.592. The van der Waals surface area contributed by atoms with E-state index < -0.39 is 24.3 Å². The van der Waals surface area contributed by atoms with E-state index in [0.717, 1.165) is 6.20 Å². The molecule has 3 N–H and O–H groups in total. The van der Waals surface area contributed by atoms with Crippen molar-refractivity contribution in [3.8, 4) is 11.5 Å². The molecule has 0 radical (unpaired) electrons. The third kappa shape index (κ3) is 3.59. The van der Waals surface area contributed by atoms with E-state index in [4.69, 9.17) is 15.2 Å². The zero-order valence-electron chi connectivity index (χ0n) is 17.4. The Morgan fingerprint density at radius 2 is 2.18 bits per heavy atom. The molecule has 3 atom stereocenters. The van der Waals surface area contributed by atoms with Gasteiger partial charge in [0.2, 0.25) is 0 Å². The third-order valence-electron chi connectivity index (χ3n) is 5.87. The number of carbonyl (C=O) groups is 1. The molecule has 0 amide bonds. The van der Waals surface area contributed by atoms with Crippen LogP contribution in [0.1, 0.15) is 28.4 Å². The minimum atomic E-state index is -2.81. The van der Waals surface area contributed by atoms with Gasteiger partial charge < -0.3 is 25.2 Å². The van der Waals surface area contributed by atoms with Gasteiger partial charge in [-0.05, 0) is 19.1 Å². The Labute approximate surface area is 185 Å². The van der Waals surface area contributed by atoms with Crippen LogP contribution >= 0.6 is 0 Å². The lowest BCUT2D eigenvalue weighted by Gasteiger charge is -2.37. The lowest BCUT2D eigenvalue weighted by Crippen LogP contribution is -2.47. The van der Waals surface area contributed by atoms with Crippen molar-refractivity contribution in [3.63, 3.8) is 0 Å². The van der Waals surface area contributed by atoms with Gasteiger partial charge in [-0.2, -0.15) is 5.10 Å². The molecule has 0 saturated heterocycles. The molecule has 0 spiro atoms. The fourth-order valence-corrected chi connectivity index (χ4v) is 4.19. The number of rotatable bonds is 5. The predicted octanol–water partition coefficient (Wildman–Crippen LogP) is 2.25. The highest BCUT2D eigenvalue weighted by Gasteiger charge is 2.38. The highest BCUT2D eigenvalue weighted by Crippen LogP contribution is 2.40. The number of benzene rings is 1. The van der Waals surface area contributed by atoms with E-state index in [0.29, 0.717) is 23.3 Å². The molecule has 0 aliphatic carbocycles. The van der Waals surface area contributed by atoms with Gasteiger partial charge in [-0.15, -0.1) is 0 Å². The largest absolute Gasteiger partial charge is 0.488 e. The molecular formula is C21H20F3N5O4. The lowest BCUT2D eigenvalue weighted by atomic mass is 10.0. The van der Waals surface area contributed by atoms with Crippen molar-refractivity contribution >= 4 is 17.4 Å². The summed E-state index contributed by atoms with van der Waals surface area (Å²) in [5.41, 5.74) is 6.71. The number of hydrogen-bond acceptors (Lipinski definition) is 7. The highest BCUT2D eigenvalue weighted by atomic mass is 19.3. The second-order valence-electron chi connectivity index (χ2n) is 8.17. The van der Waals surface area contributed by atoms with E-state index in [9.17, 15) is 23.1 Å². The van der Waals surface area contributed by atoms with Gasteiger partial charge in [-0.1, -0.05) is 0 Å². The van der Waals surface area contributed by atoms with E-state index in [1.165, 1.54) is 27.7 Å². The first-order valence-electron chi connectivity index (χ1n) is 10.3. The fourth-order valence-electron chi connectivity index (χ4n) is 4.19. The van der Waals surface area contributed by atoms with E-state index in [2.05, 4.69) is 10.1 Å². The average Bonchev–Trinajstić information content (AvgIpc) is 3.36. The van der Waals surface area contributed by atoms with Crippen molar-refractivity contribution in [2.24, 2.45) is 5.73 Å². The van der Waals surface area contributed by atoms with Gasteiger partial charge in [0, 0.05) is 30.1 Å². The minimum absolute atomic E-state index is 0.0156. The van der Waals surface area contributed by atoms with E-state index in [-0.39, 0.29) is 48.1 Å². The molecule has 1 aromatic carbocycles. The summed E-state index contributed by atoms with van der Waals surface area (Å²) in [7, 11) is 0. The molecule has 0 bridgehead atoms. The normalized spacial score (nSPS) is 20.4. The minimum Gasteiger partial charge on any atom is -0.488 e. The predicted molar refractivity (Wildman–Crippen MR) is 110 cm³/mol. The number of aromatic carboxylic acids is 1. The second kappa shape index (κ2) is 7.80. The maximum Gasteiger partial charge on any atom is 0.341 e. The molecule has 2 aliphatic heterocycles. The summed E-state index contributed by atoms with van der Waals surface area (Å²) in [5.74, 6) is -1.20. The summed E-state index contributed by atoms with van der Waals surface area (Å²) in [4.78, 5) is 17.1. The third-order valence-corrected chi connectivity index (χ3v) is 5.87. The van der Waals surface area contributed by atoms with Crippen molar-refractivity contribution < 1.29 is 32.5 Å². The van der Waals surface area contributed by atoms with Gasteiger partial charge in [0.05, 0.1) is 12.4 Å². The summed E-state index contributed by atoms with van der Waals surface area (Å²) in [6.45, 7) is 1.28. The summed E-state index contributed by atoms with van der Waals surface area (Å²) in [5, 5.41) is 13.3. The van der Waals surface area contributed by atoms with E-state index in [1.807, 2.05) is 0 Å². The van der Waals surface area contributed by atoms with Crippen LogP contribution in [0.5, 0.6) is 11.5 Å². The van der Waals surface area contributed by atoms with Gasteiger partial charge >= 0.3 is 5.97 Å². The SMILES string of the molecule is C[C@@H](N)C1Cc2cc(F)cc(CN3c4nc5c(C(=O)O)cnn5cc4OC[C@H]3C(F)F)c2O1. The molecule has 4 heterocycles. The van der Waals surface area contributed by atoms with Gasteiger partial charge in [0.15, 0.2) is 17.2 Å². The molecule has 1 unspecified atom stereocenters. The van der Waals surface area contributed by atoms with Crippen LogP contribution in [-0.4, -0.2) is 56.9 Å². The zero-order chi connectivity index (χ0) is 23.4. The van der Waals surface area contributed by atoms with Crippen molar-refractivity contribution in [1.82, 2.24) is 14.6 Å². The molecule has 33 heavy (non-hydrogen) atoms. The highest BCUT2D eigenvalue weighted by molar-refractivity contribution is 5.94. The Kier molecular flexibility index (Phi) is 5.04. The molecule has 174 valence electrons. The fraction of sp³-hybridized carbons (Fsp3) is 0.381. The number of carboxylic acids is 1. The maximum absolute atomic E-state index is 14.4. The number of halogens is 3. The molecule has 3 aromatic rings. The monoisotopic (exact) mass is 463 g/mol. The van der Waals surface area contributed by atoms with Crippen LogP contribution in [-0.2, 0) is 13.0 Å². The first-order valence-corrected chi connectivity index (χ1v) is 10.3. The smallest absolute Gasteiger partial charge is 0.341 e. The number of nitrogens with two attached hydrogens (primary N) is 1. The molecule has 0 saturated carbocycles. The van der Waals surface area contributed by atoms with Crippen LogP contribution in [0.25, 0.3) is 5.65 Å². The van der Waals surface area contributed by atoms with Gasteiger partial charge in [0.25, 0.3) is 6.43 Å². The molecule has 9 nitrogen and oxygen atoms in total. The Morgan fingerprint density at radius 3 is 2.88 bits per heavy atom. The number of nitrogens with zero attached hydrogens (tertiary/aromatic N) is 4. The number of aromatic nitrogens is 3. The molecule has 12 heteroatoms. The van der Waals surface area contributed by atoms with Gasteiger partial charge in [-0.3, -0.25) is 0 Å². The first kappa shape index (κ1) is 21.3. The molecular weight excluding hydrogens is 443 g/mol. The van der Waals surface area contributed by atoms with Crippen molar-refractivity contribution in [1.29, 1.82) is 0 Å². The number of alkyl halides is 2. The number of ether oxygens (including phenoxy) is 2. The van der Waals surface area contributed by atoms with E-state index >= 15 is 0 Å². The van der Waals surface area contributed by atoms with Crippen LogP contribution in [0.3, 0.4) is 0 Å². The number of anilines is 1. The Hall–Kier alpha value is -3.54. The maximum atomic E-state index is 14.4. The molecule has 2 aromatic heterocycles. The Bertz CT molecular complexity index is 1250. The van der Waals surface area contributed by atoms with Crippen LogP contribution in [0.2, 0.25) is 0 Å². The van der Waals surface area contributed by atoms with Gasteiger partial charge in [0.1, 0.15) is 35.9 Å². The van der Waals surface area contributed by atoms with E-state index in [1.54, 1.807) is 6.92 Å². The number of hydrogen-bond donors (Lipinski definition) is 2. The summed E-state index contributed by atoms with van der Waals surface area (Å²) in [6, 6.07) is 0.887. The van der Waals surface area contributed by atoms with Crippen molar-refractivity contribution in [2.45, 2.75) is 44.5 Å². The topological polar surface area (TPSA) is 115 Å². The summed E-state index contributed by atoms with van der Waals surface area (Å²) in [6.07, 6.45) is -0.249. The summed E-state index contributed by atoms with van der Waals surface area (Å²) >= 11 is 0. The van der Waals surface area contributed by atoms with Crippen LogP contribution in [0, 0.1) is 5.82 Å². The molecule has 2 aliphatic rings. The molecule has 0 fully saturated rings. The standard InChI is InChI=1S/C21H20F3N5O4/c1-9(25)15-4-10-2-12(22)3-11(17(10)33-15)6-28-14(18(23)24)8-32-16-7-29-19(27-20(16)28)13(5-26-29)21(30)31/h2-3,5,7,9,14-15,18H,4,6,8,25H2,1H3,(H,30,31)/t9-,14+,15?/m1/s1. The Balaban J connectivity index is 1.60. The van der Waals surface area contributed by atoms with Gasteiger partial charge in [-0.25, -0.2) is 27.5 Å². The second-order valence-corrected chi connectivity index (χ2v) is 8.17. The number of carboxylic acid groups (broad SMARTS) is 1. The zero-order valence-corrected chi connectivity index (χ0v) is 17.4. The van der Waals surface area contributed by atoms with Crippen LogP contribution in [0.15, 0.2) is 24.5 Å². The van der Waals surface area contributed by atoms with Crippen LogP contribution in [0.4, 0.5) is 19.0 Å². The van der Waals surface area contributed by atoms with Crippen molar-refractivity contribution in [3.05, 3.63) is 47.0 Å². The first-order chi connectivity index (χ1) is 15.7. The lowest BCUT2D eigenvalue weighted by molar-refractivity contribution is 0.0697. The molecule has 5 rings (SSSR count).